The Morgan fingerprint density at radius 1 is 1.11 bits per heavy atom. The monoisotopic (exact) mass is 391 g/mol. The fraction of sp³-hybridized carbons (Fsp3) is 0.150. The lowest BCUT2D eigenvalue weighted by Crippen LogP contribution is -2.31. The lowest BCUT2D eigenvalue weighted by Gasteiger charge is -2.19. The van der Waals surface area contributed by atoms with Gasteiger partial charge in [0, 0.05) is 24.8 Å². The molecule has 28 heavy (non-hydrogen) atoms. The summed E-state index contributed by atoms with van der Waals surface area (Å²) in [6, 6.07) is 9.53. The fourth-order valence-corrected chi connectivity index (χ4v) is 3.73. The number of para-hydroxylation sites is 1. The van der Waals surface area contributed by atoms with Crippen LogP contribution in [0.2, 0.25) is 0 Å². The smallest absolute Gasteiger partial charge is 0.280 e. The molecule has 0 aliphatic rings. The van der Waals surface area contributed by atoms with Crippen molar-refractivity contribution in [1.82, 2.24) is 19.9 Å². The number of ether oxygens (including phenoxy) is 1. The van der Waals surface area contributed by atoms with E-state index in [0.717, 1.165) is 15.8 Å². The predicted octanol–water partition coefficient (Wildman–Crippen LogP) is 3.73. The van der Waals surface area contributed by atoms with Gasteiger partial charge in [0.25, 0.3) is 5.91 Å². The number of carbonyl (C=O) groups is 1. The number of hydrogen-bond acceptors (Lipinski definition) is 7. The van der Waals surface area contributed by atoms with Crippen LogP contribution in [0.25, 0.3) is 10.2 Å². The van der Waals surface area contributed by atoms with Crippen LogP contribution in [-0.2, 0) is 6.54 Å². The van der Waals surface area contributed by atoms with Crippen molar-refractivity contribution in [2.45, 2.75) is 13.5 Å². The second kappa shape index (κ2) is 8.10. The number of pyridine rings is 1. The zero-order chi connectivity index (χ0) is 19.3. The van der Waals surface area contributed by atoms with E-state index in [1.165, 1.54) is 29.9 Å². The van der Waals surface area contributed by atoms with Crippen molar-refractivity contribution in [3.05, 3.63) is 72.6 Å². The quantitative estimate of drug-likeness (QED) is 0.498. The molecule has 0 bridgehead atoms. The molecule has 0 radical (unpaired) electrons. The van der Waals surface area contributed by atoms with Crippen LogP contribution in [0.1, 0.15) is 23.0 Å². The molecule has 3 heterocycles. The first-order chi connectivity index (χ1) is 13.8. The Morgan fingerprint density at radius 3 is 2.75 bits per heavy atom. The number of amides is 1. The number of thiazole rings is 1. The third-order valence-electron chi connectivity index (χ3n) is 3.99. The fourth-order valence-electron chi connectivity index (χ4n) is 2.75. The molecule has 8 heteroatoms. The number of anilines is 1. The summed E-state index contributed by atoms with van der Waals surface area (Å²) in [6.45, 7) is 2.80. The minimum absolute atomic E-state index is 0.260. The van der Waals surface area contributed by atoms with Gasteiger partial charge in [0.05, 0.1) is 24.0 Å². The number of nitrogens with zero attached hydrogens (tertiary/aromatic N) is 5. The largest absolute Gasteiger partial charge is 0.492 e. The Labute approximate surface area is 165 Å². The predicted molar refractivity (Wildman–Crippen MR) is 108 cm³/mol. The maximum Gasteiger partial charge on any atom is 0.280 e. The summed E-state index contributed by atoms with van der Waals surface area (Å²) in [4.78, 5) is 31.8. The molecule has 4 rings (SSSR count). The van der Waals surface area contributed by atoms with E-state index < -0.39 is 0 Å². The maximum absolute atomic E-state index is 13.2. The lowest BCUT2D eigenvalue weighted by atomic mass is 10.2. The Morgan fingerprint density at radius 2 is 2.00 bits per heavy atom. The van der Waals surface area contributed by atoms with Crippen LogP contribution in [0.5, 0.6) is 5.75 Å². The van der Waals surface area contributed by atoms with Crippen molar-refractivity contribution in [2.24, 2.45) is 0 Å². The zero-order valence-electron chi connectivity index (χ0n) is 15.1. The molecule has 140 valence electrons. The van der Waals surface area contributed by atoms with Crippen LogP contribution in [-0.4, -0.2) is 32.4 Å². The molecule has 1 aromatic carbocycles. The van der Waals surface area contributed by atoms with Crippen molar-refractivity contribution in [3.63, 3.8) is 0 Å². The van der Waals surface area contributed by atoms with Crippen LogP contribution in [0.15, 0.2) is 61.3 Å². The molecule has 4 aromatic rings. The van der Waals surface area contributed by atoms with E-state index in [4.69, 9.17) is 9.72 Å². The van der Waals surface area contributed by atoms with Gasteiger partial charge in [-0.2, -0.15) is 0 Å². The van der Waals surface area contributed by atoms with Crippen LogP contribution in [0, 0.1) is 0 Å². The molecular weight excluding hydrogens is 374 g/mol. The SMILES string of the molecule is CCOc1cccc2sc(N(Cc3cccnc3)C(=O)c3cnccn3)nc12. The molecule has 0 unspecified atom stereocenters. The number of carbonyl (C=O) groups excluding carboxylic acids is 1. The van der Waals surface area contributed by atoms with Gasteiger partial charge in [-0.1, -0.05) is 23.5 Å². The minimum atomic E-state index is -0.269. The molecule has 0 saturated carbocycles. The number of hydrogen-bond donors (Lipinski definition) is 0. The Bertz CT molecular complexity index is 1090. The first-order valence-corrected chi connectivity index (χ1v) is 9.57. The van der Waals surface area contributed by atoms with E-state index in [2.05, 4.69) is 15.0 Å². The number of fused-ring (bicyclic) bond motifs is 1. The summed E-state index contributed by atoms with van der Waals surface area (Å²) in [6.07, 6.45) is 7.92. The Balaban J connectivity index is 1.77. The highest BCUT2D eigenvalue weighted by molar-refractivity contribution is 7.22. The molecule has 0 aliphatic carbocycles. The van der Waals surface area contributed by atoms with Crippen molar-refractivity contribution < 1.29 is 9.53 Å². The van der Waals surface area contributed by atoms with E-state index in [-0.39, 0.29) is 11.6 Å². The molecule has 1 amide bonds. The van der Waals surface area contributed by atoms with Gasteiger partial charge >= 0.3 is 0 Å². The van der Waals surface area contributed by atoms with Gasteiger partial charge in [0.1, 0.15) is 17.0 Å². The number of rotatable bonds is 6. The number of aromatic nitrogens is 4. The molecule has 0 saturated heterocycles. The van der Waals surface area contributed by atoms with Gasteiger partial charge in [-0.3, -0.25) is 19.7 Å². The van der Waals surface area contributed by atoms with Crippen LogP contribution >= 0.6 is 11.3 Å². The van der Waals surface area contributed by atoms with Gasteiger partial charge in [-0.05, 0) is 30.7 Å². The zero-order valence-corrected chi connectivity index (χ0v) is 16.0. The first-order valence-electron chi connectivity index (χ1n) is 8.75. The normalized spacial score (nSPS) is 10.8. The third-order valence-corrected chi connectivity index (χ3v) is 5.04. The Kier molecular flexibility index (Phi) is 5.20. The van der Waals surface area contributed by atoms with Crippen molar-refractivity contribution in [1.29, 1.82) is 0 Å². The van der Waals surface area contributed by atoms with Gasteiger partial charge < -0.3 is 4.74 Å². The van der Waals surface area contributed by atoms with E-state index in [1.807, 2.05) is 37.3 Å². The average Bonchev–Trinajstić information content (AvgIpc) is 3.18. The molecule has 0 N–H and O–H groups in total. The van der Waals surface area contributed by atoms with Crippen molar-refractivity contribution >= 4 is 32.6 Å². The lowest BCUT2D eigenvalue weighted by molar-refractivity contribution is 0.0980. The summed E-state index contributed by atoms with van der Waals surface area (Å²) in [5.74, 6) is 0.435. The van der Waals surface area contributed by atoms with Crippen LogP contribution in [0.3, 0.4) is 0 Å². The highest BCUT2D eigenvalue weighted by Gasteiger charge is 2.23. The highest BCUT2D eigenvalue weighted by atomic mass is 32.1. The number of benzene rings is 1. The summed E-state index contributed by atoms with van der Waals surface area (Å²) < 4.78 is 6.63. The summed E-state index contributed by atoms with van der Waals surface area (Å²) >= 11 is 1.43. The second-order valence-electron chi connectivity index (χ2n) is 5.88. The first kappa shape index (κ1) is 18.0. The van der Waals surface area contributed by atoms with Crippen molar-refractivity contribution in [3.8, 4) is 5.75 Å². The molecule has 0 spiro atoms. The summed E-state index contributed by atoms with van der Waals surface area (Å²) in [5, 5.41) is 0.571. The second-order valence-corrected chi connectivity index (χ2v) is 6.88. The average molecular weight is 391 g/mol. The van der Waals surface area contributed by atoms with Crippen molar-refractivity contribution in [2.75, 3.05) is 11.5 Å². The third kappa shape index (κ3) is 3.67. The molecule has 3 aromatic heterocycles. The standard InChI is InChI=1S/C20H17N5O2S/c1-2-27-16-6-3-7-17-18(16)24-20(28-17)25(13-14-5-4-8-21-11-14)19(26)15-12-22-9-10-23-15/h3-12H,2,13H2,1H3. The molecule has 0 aliphatic heterocycles. The highest BCUT2D eigenvalue weighted by Crippen LogP contribution is 2.35. The van der Waals surface area contributed by atoms with Crippen LogP contribution in [0.4, 0.5) is 5.13 Å². The Hall–Kier alpha value is -3.39. The molecule has 0 atom stereocenters. The topological polar surface area (TPSA) is 81.1 Å². The maximum atomic E-state index is 13.2. The van der Waals surface area contributed by atoms with E-state index in [0.29, 0.717) is 24.0 Å². The van der Waals surface area contributed by atoms with E-state index in [9.17, 15) is 4.79 Å². The van der Waals surface area contributed by atoms with Gasteiger partial charge in [0.15, 0.2) is 5.13 Å². The summed E-state index contributed by atoms with van der Waals surface area (Å²) in [5.41, 5.74) is 1.90. The summed E-state index contributed by atoms with van der Waals surface area (Å²) in [7, 11) is 0. The molecular formula is C20H17N5O2S. The van der Waals surface area contributed by atoms with E-state index >= 15 is 0 Å². The van der Waals surface area contributed by atoms with Gasteiger partial charge in [0.2, 0.25) is 0 Å². The molecule has 0 fully saturated rings. The molecule has 7 nitrogen and oxygen atoms in total. The van der Waals surface area contributed by atoms with E-state index in [1.54, 1.807) is 17.3 Å². The van der Waals surface area contributed by atoms with Gasteiger partial charge in [-0.15, -0.1) is 0 Å². The van der Waals surface area contributed by atoms with Crippen LogP contribution < -0.4 is 9.64 Å². The van der Waals surface area contributed by atoms with Gasteiger partial charge in [-0.25, -0.2) is 9.97 Å². The minimum Gasteiger partial charge on any atom is -0.492 e.